The van der Waals surface area contributed by atoms with Crippen LogP contribution in [-0.2, 0) is 0 Å². The zero-order chi connectivity index (χ0) is 21.0. The maximum Gasteiger partial charge on any atom is 0.255 e. The molecule has 29 heavy (non-hydrogen) atoms. The third kappa shape index (κ3) is 4.19. The number of halogens is 1. The van der Waals surface area contributed by atoms with Crippen LogP contribution < -0.4 is 20.5 Å². The van der Waals surface area contributed by atoms with Crippen molar-refractivity contribution in [2.75, 3.05) is 19.5 Å². The third-order valence-electron chi connectivity index (χ3n) is 4.35. The Hall–Kier alpha value is -3.87. The van der Waals surface area contributed by atoms with Crippen molar-refractivity contribution < 1.29 is 23.5 Å². The molecule has 148 valence electrons. The van der Waals surface area contributed by atoms with Crippen LogP contribution in [0.4, 0.5) is 10.1 Å². The van der Waals surface area contributed by atoms with Crippen LogP contribution in [0.2, 0.25) is 0 Å². The van der Waals surface area contributed by atoms with Gasteiger partial charge in [0, 0.05) is 17.2 Å². The van der Waals surface area contributed by atoms with Gasteiger partial charge in [-0.25, -0.2) is 4.39 Å². The number of nitrogens with two attached hydrogens (primary N) is 1. The van der Waals surface area contributed by atoms with Crippen LogP contribution >= 0.6 is 0 Å². The molecule has 0 aliphatic rings. The molecule has 0 saturated heterocycles. The molecule has 0 unspecified atom stereocenters. The summed E-state index contributed by atoms with van der Waals surface area (Å²) in [5.74, 6) is -1.30. The van der Waals surface area contributed by atoms with Gasteiger partial charge >= 0.3 is 0 Å². The smallest absolute Gasteiger partial charge is 0.255 e. The van der Waals surface area contributed by atoms with Crippen LogP contribution in [0.1, 0.15) is 20.7 Å². The monoisotopic (exact) mass is 394 g/mol. The van der Waals surface area contributed by atoms with Crippen molar-refractivity contribution in [2.24, 2.45) is 5.73 Å². The number of ether oxygens (including phenoxy) is 2. The second-order valence-corrected chi connectivity index (χ2v) is 6.13. The van der Waals surface area contributed by atoms with Gasteiger partial charge in [-0.05, 0) is 23.8 Å². The van der Waals surface area contributed by atoms with E-state index in [1.165, 1.54) is 38.5 Å². The molecule has 3 aromatic rings. The number of methoxy groups -OCH3 is 2. The van der Waals surface area contributed by atoms with Gasteiger partial charge < -0.3 is 20.5 Å². The van der Waals surface area contributed by atoms with Gasteiger partial charge in [0.05, 0.1) is 25.5 Å². The highest BCUT2D eigenvalue weighted by Crippen LogP contribution is 2.33. The molecule has 7 heteroatoms. The first-order valence-electron chi connectivity index (χ1n) is 8.66. The highest BCUT2D eigenvalue weighted by atomic mass is 19.1. The number of carbonyl (C=O) groups excluding carboxylic acids is 2. The Morgan fingerprint density at radius 2 is 1.59 bits per heavy atom. The molecule has 3 rings (SSSR count). The maximum absolute atomic E-state index is 14.6. The van der Waals surface area contributed by atoms with Crippen molar-refractivity contribution in [1.29, 1.82) is 0 Å². The summed E-state index contributed by atoms with van der Waals surface area (Å²) in [6, 6.07) is 16.0. The van der Waals surface area contributed by atoms with Gasteiger partial charge in [0.2, 0.25) is 0 Å². The largest absolute Gasteiger partial charge is 0.493 e. The molecule has 0 aliphatic carbocycles. The number of carbonyl (C=O) groups is 2. The Labute approximate surface area is 167 Å². The van der Waals surface area contributed by atoms with E-state index in [1.807, 2.05) is 6.07 Å². The minimum absolute atomic E-state index is 0.0392. The van der Waals surface area contributed by atoms with Gasteiger partial charge in [-0.1, -0.05) is 36.4 Å². The summed E-state index contributed by atoms with van der Waals surface area (Å²) in [6.45, 7) is 0. The van der Waals surface area contributed by atoms with E-state index in [4.69, 9.17) is 15.2 Å². The predicted octanol–water partition coefficient (Wildman–Crippen LogP) is 3.86. The molecule has 0 atom stereocenters. The summed E-state index contributed by atoms with van der Waals surface area (Å²) in [7, 11) is 2.84. The number of amides is 2. The number of benzene rings is 3. The number of hydrogen-bond donors (Lipinski definition) is 2. The minimum atomic E-state index is -0.758. The van der Waals surface area contributed by atoms with E-state index >= 15 is 0 Å². The van der Waals surface area contributed by atoms with Crippen molar-refractivity contribution in [3.05, 3.63) is 77.6 Å². The molecular formula is C22H19FN2O4. The Balaban J connectivity index is 1.92. The highest BCUT2D eigenvalue weighted by molar-refractivity contribution is 6.09. The molecule has 3 aromatic carbocycles. The fraction of sp³-hybridized carbons (Fsp3) is 0.0909. The van der Waals surface area contributed by atoms with Crippen molar-refractivity contribution in [1.82, 2.24) is 0 Å². The number of nitrogens with one attached hydrogen (secondary N) is 1. The number of anilines is 1. The van der Waals surface area contributed by atoms with E-state index in [2.05, 4.69) is 5.32 Å². The predicted molar refractivity (Wildman–Crippen MR) is 108 cm³/mol. The number of primary amides is 1. The van der Waals surface area contributed by atoms with E-state index in [9.17, 15) is 14.0 Å². The third-order valence-corrected chi connectivity index (χ3v) is 4.35. The molecule has 0 radical (unpaired) electrons. The molecule has 6 nitrogen and oxygen atoms in total. The van der Waals surface area contributed by atoms with Crippen molar-refractivity contribution in [3.8, 4) is 22.6 Å². The summed E-state index contributed by atoms with van der Waals surface area (Å²) in [5.41, 5.74) is 6.75. The maximum atomic E-state index is 14.6. The molecule has 0 aromatic heterocycles. The lowest BCUT2D eigenvalue weighted by Gasteiger charge is -2.14. The SMILES string of the molecule is COc1cc(NC(=O)c2ccc(-c3ccccc3)c(F)c2)c(C(N)=O)cc1OC. The van der Waals surface area contributed by atoms with Gasteiger partial charge in [-0.2, -0.15) is 0 Å². The van der Waals surface area contributed by atoms with Crippen molar-refractivity contribution >= 4 is 17.5 Å². The first-order valence-corrected chi connectivity index (χ1v) is 8.66. The lowest BCUT2D eigenvalue weighted by atomic mass is 10.0. The van der Waals surface area contributed by atoms with E-state index in [0.29, 0.717) is 16.9 Å². The summed E-state index contributed by atoms with van der Waals surface area (Å²) < 4.78 is 24.9. The molecule has 0 heterocycles. The second-order valence-electron chi connectivity index (χ2n) is 6.13. The Morgan fingerprint density at radius 3 is 2.17 bits per heavy atom. The van der Waals surface area contributed by atoms with Crippen LogP contribution in [0.5, 0.6) is 11.5 Å². The average Bonchev–Trinajstić information content (AvgIpc) is 2.73. The lowest BCUT2D eigenvalue weighted by molar-refractivity contribution is 0.100. The Kier molecular flexibility index (Phi) is 5.78. The van der Waals surface area contributed by atoms with Crippen molar-refractivity contribution in [2.45, 2.75) is 0 Å². The summed E-state index contributed by atoms with van der Waals surface area (Å²) >= 11 is 0. The van der Waals surface area contributed by atoms with Gasteiger partial charge in [0.1, 0.15) is 5.82 Å². The van der Waals surface area contributed by atoms with Gasteiger partial charge in [-0.15, -0.1) is 0 Å². The number of hydrogen-bond acceptors (Lipinski definition) is 4. The number of rotatable bonds is 6. The summed E-state index contributed by atoms with van der Waals surface area (Å²) in [4.78, 5) is 24.4. The highest BCUT2D eigenvalue weighted by Gasteiger charge is 2.18. The Bertz CT molecular complexity index is 1070. The fourth-order valence-corrected chi connectivity index (χ4v) is 2.89. The molecule has 0 saturated carbocycles. The van der Waals surface area contributed by atoms with Crippen LogP contribution in [0.25, 0.3) is 11.1 Å². The molecule has 0 bridgehead atoms. The van der Waals surface area contributed by atoms with E-state index in [0.717, 1.165) is 6.07 Å². The zero-order valence-corrected chi connectivity index (χ0v) is 15.9. The fourth-order valence-electron chi connectivity index (χ4n) is 2.89. The van der Waals surface area contributed by atoms with E-state index in [-0.39, 0.29) is 22.6 Å². The lowest BCUT2D eigenvalue weighted by Crippen LogP contribution is -2.19. The molecule has 0 aliphatic heterocycles. The quantitative estimate of drug-likeness (QED) is 0.664. The first-order chi connectivity index (χ1) is 13.9. The van der Waals surface area contributed by atoms with Gasteiger partial charge in [-0.3, -0.25) is 9.59 Å². The van der Waals surface area contributed by atoms with E-state index < -0.39 is 17.6 Å². The molecule has 0 fully saturated rings. The second kappa shape index (κ2) is 8.43. The standard InChI is InChI=1S/C22H19FN2O4/c1-28-19-11-16(21(24)26)18(12-20(19)29-2)25-22(27)14-8-9-15(17(23)10-14)13-6-4-3-5-7-13/h3-12H,1-2H3,(H2,24,26)(H,25,27). The first kappa shape index (κ1) is 19.9. The minimum Gasteiger partial charge on any atom is -0.493 e. The van der Waals surface area contributed by atoms with E-state index in [1.54, 1.807) is 24.3 Å². The van der Waals surface area contributed by atoms with Gasteiger partial charge in [0.15, 0.2) is 11.5 Å². The van der Waals surface area contributed by atoms with Gasteiger partial charge in [0.25, 0.3) is 11.8 Å². The Morgan fingerprint density at radius 1 is 0.931 bits per heavy atom. The van der Waals surface area contributed by atoms with Crippen LogP contribution in [-0.4, -0.2) is 26.0 Å². The van der Waals surface area contributed by atoms with Crippen molar-refractivity contribution in [3.63, 3.8) is 0 Å². The molecular weight excluding hydrogens is 375 g/mol. The van der Waals surface area contributed by atoms with Crippen LogP contribution in [0.15, 0.2) is 60.7 Å². The summed E-state index contributed by atoms with van der Waals surface area (Å²) in [6.07, 6.45) is 0. The molecule has 0 spiro atoms. The van der Waals surface area contributed by atoms with Crippen LogP contribution in [0, 0.1) is 5.82 Å². The average molecular weight is 394 g/mol. The summed E-state index contributed by atoms with van der Waals surface area (Å²) in [5, 5.41) is 2.58. The molecule has 2 amide bonds. The molecule has 3 N–H and O–H groups in total. The topological polar surface area (TPSA) is 90.6 Å². The zero-order valence-electron chi connectivity index (χ0n) is 15.9. The normalized spacial score (nSPS) is 10.3. The van der Waals surface area contributed by atoms with Crippen LogP contribution in [0.3, 0.4) is 0 Å².